The molecule has 3 aliphatic rings. The summed E-state index contributed by atoms with van der Waals surface area (Å²) in [6.45, 7) is 1.03. The van der Waals surface area contributed by atoms with Crippen LogP contribution in [0.4, 0.5) is 0 Å². The summed E-state index contributed by atoms with van der Waals surface area (Å²) in [5.41, 5.74) is 0.110. The molecule has 0 aromatic heterocycles. The maximum Gasteiger partial charge on any atom is 0.119 e. The van der Waals surface area contributed by atoms with Gasteiger partial charge in [-0.2, -0.15) is 0 Å². The van der Waals surface area contributed by atoms with Crippen LogP contribution < -0.4 is 5.32 Å². The predicted molar refractivity (Wildman–Crippen MR) is 56.0 cm³/mol. The van der Waals surface area contributed by atoms with E-state index in [4.69, 9.17) is 4.74 Å². The fourth-order valence-corrected chi connectivity index (χ4v) is 3.48. The number of ether oxygens (including phenoxy) is 1. The Hall–Kier alpha value is -0.0800. The quantitative estimate of drug-likeness (QED) is 0.641. The SMILES string of the molecule is C1CCC2NC3(CCCC3)OCC2C1. The van der Waals surface area contributed by atoms with Gasteiger partial charge < -0.3 is 4.74 Å². The second-order valence-corrected chi connectivity index (χ2v) is 5.31. The molecule has 1 N–H and O–H groups in total. The van der Waals surface area contributed by atoms with Crippen molar-refractivity contribution in [3.63, 3.8) is 0 Å². The maximum atomic E-state index is 6.08. The molecular formula is C12H21NO. The summed E-state index contributed by atoms with van der Waals surface area (Å²) >= 11 is 0. The molecule has 2 atom stereocenters. The molecule has 1 spiro atoms. The molecule has 80 valence electrons. The zero-order valence-corrected chi connectivity index (χ0v) is 8.93. The van der Waals surface area contributed by atoms with Crippen molar-refractivity contribution in [2.24, 2.45) is 5.92 Å². The zero-order chi connectivity index (χ0) is 9.43. The first-order valence-corrected chi connectivity index (χ1v) is 6.30. The molecular weight excluding hydrogens is 174 g/mol. The van der Waals surface area contributed by atoms with Crippen LogP contribution in [0.15, 0.2) is 0 Å². The van der Waals surface area contributed by atoms with Crippen LogP contribution in [-0.4, -0.2) is 18.4 Å². The summed E-state index contributed by atoms with van der Waals surface area (Å²) in [6.07, 6.45) is 10.8. The van der Waals surface area contributed by atoms with Crippen molar-refractivity contribution in [1.29, 1.82) is 0 Å². The first-order valence-electron chi connectivity index (χ1n) is 6.30. The van der Waals surface area contributed by atoms with E-state index in [1.165, 1.54) is 51.4 Å². The molecule has 1 saturated heterocycles. The molecule has 3 rings (SSSR count). The largest absolute Gasteiger partial charge is 0.360 e. The van der Waals surface area contributed by atoms with Crippen LogP contribution in [0.2, 0.25) is 0 Å². The molecule has 14 heavy (non-hydrogen) atoms. The number of hydrogen-bond donors (Lipinski definition) is 1. The van der Waals surface area contributed by atoms with Crippen molar-refractivity contribution in [2.75, 3.05) is 6.61 Å². The minimum atomic E-state index is 0.110. The molecule has 0 aromatic carbocycles. The van der Waals surface area contributed by atoms with E-state index in [-0.39, 0.29) is 5.72 Å². The normalized spacial score (nSPS) is 41.1. The average molecular weight is 195 g/mol. The van der Waals surface area contributed by atoms with E-state index < -0.39 is 0 Å². The second-order valence-electron chi connectivity index (χ2n) is 5.31. The van der Waals surface area contributed by atoms with Gasteiger partial charge in [-0.25, -0.2) is 0 Å². The van der Waals surface area contributed by atoms with Gasteiger partial charge in [-0.15, -0.1) is 0 Å². The monoisotopic (exact) mass is 195 g/mol. The smallest absolute Gasteiger partial charge is 0.119 e. The van der Waals surface area contributed by atoms with E-state index in [2.05, 4.69) is 5.32 Å². The molecule has 2 saturated carbocycles. The van der Waals surface area contributed by atoms with Gasteiger partial charge in [0.25, 0.3) is 0 Å². The second kappa shape index (κ2) is 3.49. The van der Waals surface area contributed by atoms with Crippen molar-refractivity contribution in [3.8, 4) is 0 Å². The Morgan fingerprint density at radius 3 is 2.64 bits per heavy atom. The number of nitrogens with one attached hydrogen (secondary N) is 1. The van der Waals surface area contributed by atoms with Gasteiger partial charge in [-0.3, -0.25) is 5.32 Å². The van der Waals surface area contributed by atoms with Crippen LogP contribution in [0.5, 0.6) is 0 Å². The summed E-state index contributed by atoms with van der Waals surface area (Å²) in [5.74, 6) is 0.815. The van der Waals surface area contributed by atoms with Crippen molar-refractivity contribution in [3.05, 3.63) is 0 Å². The van der Waals surface area contributed by atoms with Gasteiger partial charge in [0, 0.05) is 6.04 Å². The summed E-state index contributed by atoms with van der Waals surface area (Å²) in [7, 11) is 0. The molecule has 0 aromatic rings. The van der Waals surface area contributed by atoms with Crippen LogP contribution in [-0.2, 0) is 4.74 Å². The van der Waals surface area contributed by atoms with E-state index in [0.717, 1.165) is 18.6 Å². The summed E-state index contributed by atoms with van der Waals surface area (Å²) in [6, 6.07) is 0.774. The Balaban J connectivity index is 1.70. The number of hydrogen-bond acceptors (Lipinski definition) is 2. The van der Waals surface area contributed by atoms with Crippen molar-refractivity contribution in [2.45, 2.75) is 63.1 Å². The van der Waals surface area contributed by atoms with E-state index in [1.807, 2.05) is 0 Å². The lowest BCUT2D eigenvalue weighted by molar-refractivity contribution is -0.136. The van der Waals surface area contributed by atoms with Crippen LogP contribution in [0.1, 0.15) is 51.4 Å². The lowest BCUT2D eigenvalue weighted by atomic mass is 9.83. The predicted octanol–water partition coefficient (Wildman–Crippen LogP) is 2.44. The van der Waals surface area contributed by atoms with Crippen LogP contribution in [0.25, 0.3) is 0 Å². The molecule has 0 amide bonds. The molecule has 2 aliphatic carbocycles. The minimum Gasteiger partial charge on any atom is -0.360 e. The topological polar surface area (TPSA) is 21.3 Å². The van der Waals surface area contributed by atoms with Gasteiger partial charge in [0.2, 0.25) is 0 Å². The van der Waals surface area contributed by atoms with Crippen molar-refractivity contribution >= 4 is 0 Å². The Labute approximate surface area is 86.4 Å². The lowest BCUT2D eigenvalue weighted by Gasteiger charge is -2.46. The van der Waals surface area contributed by atoms with Crippen LogP contribution >= 0.6 is 0 Å². The van der Waals surface area contributed by atoms with Crippen LogP contribution in [0, 0.1) is 5.92 Å². The molecule has 0 radical (unpaired) electrons. The zero-order valence-electron chi connectivity index (χ0n) is 8.93. The van der Waals surface area contributed by atoms with Crippen molar-refractivity contribution in [1.82, 2.24) is 5.32 Å². The Bertz CT molecular complexity index is 210. The van der Waals surface area contributed by atoms with E-state index >= 15 is 0 Å². The maximum absolute atomic E-state index is 6.08. The molecule has 2 heteroatoms. The highest BCUT2D eigenvalue weighted by Crippen LogP contribution is 2.38. The summed E-state index contributed by atoms with van der Waals surface area (Å²) in [4.78, 5) is 0. The third kappa shape index (κ3) is 1.49. The fraction of sp³-hybridized carbons (Fsp3) is 1.00. The number of fused-ring (bicyclic) bond motifs is 1. The van der Waals surface area contributed by atoms with Gasteiger partial charge in [-0.05, 0) is 44.4 Å². The van der Waals surface area contributed by atoms with Gasteiger partial charge >= 0.3 is 0 Å². The number of rotatable bonds is 0. The lowest BCUT2D eigenvalue weighted by Crippen LogP contribution is -2.59. The Morgan fingerprint density at radius 2 is 1.79 bits per heavy atom. The van der Waals surface area contributed by atoms with Gasteiger partial charge in [0.15, 0.2) is 0 Å². The highest BCUT2D eigenvalue weighted by Gasteiger charge is 2.43. The molecule has 1 aliphatic heterocycles. The fourth-order valence-electron chi connectivity index (χ4n) is 3.48. The van der Waals surface area contributed by atoms with Gasteiger partial charge in [-0.1, -0.05) is 12.8 Å². The molecule has 2 unspecified atom stereocenters. The average Bonchev–Trinajstić information content (AvgIpc) is 2.66. The highest BCUT2D eigenvalue weighted by molar-refractivity contribution is 4.94. The summed E-state index contributed by atoms with van der Waals surface area (Å²) < 4.78 is 6.08. The van der Waals surface area contributed by atoms with Gasteiger partial charge in [0.1, 0.15) is 5.72 Å². The highest BCUT2D eigenvalue weighted by atomic mass is 16.5. The molecule has 2 nitrogen and oxygen atoms in total. The minimum absolute atomic E-state index is 0.110. The van der Waals surface area contributed by atoms with Crippen LogP contribution in [0.3, 0.4) is 0 Å². The molecule has 1 heterocycles. The Kier molecular flexibility index (Phi) is 2.29. The van der Waals surface area contributed by atoms with E-state index in [0.29, 0.717) is 0 Å². The van der Waals surface area contributed by atoms with Crippen molar-refractivity contribution < 1.29 is 4.74 Å². The summed E-state index contributed by atoms with van der Waals surface area (Å²) in [5, 5.41) is 3.81. The van der Waals surface area contributed by atoms with Gasteiger partial charge in [0.05, 0.1) is 6.61 Å². The molecule has 3 fully saturated rings. The van der Waals surface area contributed by atoms with E-state index in [9.17, 15) is 0 Å². The third-order valence-electron chi connectivity index (χ3n) is 4.34. The third-order valence-corrected chi connectivity index (χ3v) is 4.34. The molecule has 0 bridgehead atoms. The first kappa shape index (κ1) is 9.17. The van der Waals surface area contributed by atoms with E-state index in [1.54, 1.807) is 0 Å². The first-order chi connectivity index (χ1) is 6.88. The Morgan fingerprint density at radius 1 is 1.00 bits per heavy atom. The standard InChI is InChI=1S/C12H21NO/c1-2-6-11-10(5-1)9-14-12(13-11)7-3-4-8-12/h10-11,13H,1-9H2.